The monoisotopic (exact) mass is 118 g/mol. The summed E-state index contributed by atoms with van der Waals surface area (Å²) in [7, 11) is 0. The van der Waals surface area contributed by atoms with Crippen LogP contribution in [0.15, 0.2) is 0 Å². The normalized spacial score (nSPS) is 38.2. The summed E-state index contributed by atoms with van der Waals surface area (Å²) in [6, 6.07) is 0. The summed E-state index contributed by atoms with van der Waals surface area (Å²) >= 11 is 0. The van der Waals surface area contributed by atoms with Gasteiger partial charge in [-0.3, -0.25) is 0 Å². The van der Waals surface area contributed by atoms with Crippen LogP contribution in [0.3, 0.4) is 0 Å². The van der Waals surface area contributed by atoms with Crippen molar-refractivity contribution in [1.82, 2.24) is 0 Å². The zero-order valence-electron chi connectivity index (χ0n) is 4.83. The molecule has 1 heterocycles. The van der Waals surface area contributed by atoms with Gasteiger partial charge in [0.2, 0.25) is 0 Å². The van der Waals surface area contributed by atoms with Crippen molar-refractivity contribution >= 4 is 0 Å². The van der Waals surface area contributed by atoms with Crippen molar-refractivity contribution < 1.29 is 14.6 Å². The third-order valence-electron chi connectivity index (χ3n) is 1.05. The van der Waals surface area contributed by atoms with Gasteiger partial charge in [-0.15, -0.1) is 0 Å². The molecule has 0 bridgehead atoms. The SMILES string of the molecule is CC1COC(CO)O1. The van der Waals surface area contributed by atoms with E-state index in [1.165, 1.54) is 0 Å². The maximum absolute atomic E-state index is 8.43. The smallest absolute Gasteiger partial charge is 0.181 e. The molecule has 1 aliphatic heterocycles. The number of aliphatic hydroxyl groups is 1. The first-order chi connectivity index (χ1) is 3.83. The molecule has 0 aromatic heterocycles. The first-order valence-electron chi connectivity index (χ1n) is 2.71. The second kappa shape index (κ2) is 2.44. The predicted octanol–water partition coefficient (Wildman–Crippen LogP) is -0.260. The predicted molar refractivity (Wildman–Crippen MR) is 27.4 cm³/mol. The van der Waals surface area contributed by atoms with Crippen LogP contribution in [-0.2, 0) is 9.47 Å². The summed E-state index contributed by atoms with van der Waals surface area (Å²) in [4.78, 5) is 0. The number of ether oxygens (including phenoxy) is 2. The Morgan fingerprint density at radius 3 is 2.75 bits per heavy atom. The van der Waals surface area contributed by atoms with Gasteiger partial charge in [0.25, 0.3) is 0 Å². The molecule has 0 radical (unpaired) electrons. The van der Waals surface area contributed by atoms with Crippen LogP contribution in [0.1, 0.15) is 6.92 Å². The Hall–Kier alpha value is -0.120. The highest BCUT2D eigenvalue weighted by molar-refractivity contribution is 4.57. The van der Waals surface area contributed by atoms with Crippen molar-refractivity contribution in [1.29, 1.82) is 0 Å². The molecular formula is C5H10O3. The molecule has 1 aliphatic rings. The second-order valence-corrected chi connectivity index (χ2v) is 1.89. The van der Waals surface area contributed by atoms with Crippen LogP contribution in [0, 0.1) is 0 Å². The Labute approximate surface area is 48.2 Å². The Kier molecular flexibility index (Phi) is 1.83. The van der Waals surface area contributed by atoms with Crippen LogP contribution >= 0.6 is 0 Å². The highest BCUT2D eigenvalue weighted by Gasteiger charge is 2.20. The Balaban J connectivity index is 2.22. The molecule has 0 aromatic carbocycles. The molecule has 0 aromatic rings. The molecule has 2 unspecified atom stereocenters. The summed E-state index contributed by atoms with van der Waals surface area (Å²) in [5.41, 5.74) is 0. The lowest BCUT2D eigenvalue weighted by atomic mass is 10.5. The van der Waals surface area contributed by atoms with E-state index in [9.17, 15) is 0 Å². The van der Waals surface area contributed by atoms with Gasteiger partial charge in [0.15, 0.2) is 6.29 Å². The zero-order valence-corrected chi connectivity index (χ0v) is 4.83. The van der Waals surface area contributed by atoms with E-state index in [4.69, 9.17) is 14.6 Å². The molecule has 3 nitrogen and oxygen atoms in total. The van der Waals surface area contributed by atoms with Crippen molar-refractivity contribution in [3.63, 3.8) is 0 Å². The van der Waals surface area contributed by atoms with Crippen molar-refractivity contribution in [3.8, 4) is 0 Å². The van der Waals surface area contributed by atoms with Gasteiger partial charge in [0, 0.05) is 0 Å². The van der Waals surface area contributed by atoms with E-state index in [1.807, 2.05) is 6.92 Å². The van der Waals surface area contributed by atoms with Gasteiger partial charge in [-0.1, -0.05) is 0 Å². The van der Waals surface area contributed by atoms with E-state index in [2.05, 4.69) is 0 Å². The minimum absolute atomic E-state index is 0.0374. The molecule has 8 heavy (non-hydrogen) atoms. The van der Waals surface area contributed by atoms with Gasteiger partial charge >= 0.3 is 0 Å². The lowest BCUT2D eigenvalue weighted by Crippen LogP contribution is -2.13. The molecule has 48 valence electrons. The zero-order chi connectivity index (χ0) is 5.98. The molecule has 0 aliphatic carbocycles. The van der Waals surface area contributed by atoms with Crippen LogP contribution < -0.4 is 0 Å². The number of aliphatic hydroxyl groups excluding tert-OH is 1. The molecule has 0 spiro atoms. The fraction of sp³-hybridized carbons (Fsp3) is 1.00. The Morgan fingerprint density at radius 1 is 1.75 bits per heavy atom. The molecule has 1 N–H and O–H groups in total. The summed E-state index contributed by atoms with van der Waals surface area (Å²) < 4.78 is 9.98. The molecule has 1 saturated heterocycles. The quantitative estimate of drug-likeness (QED) is 0.515. The first-order valence-corrected chi connectivity index (χ1v) is 2.71. The van der Waals surface area contributed by atoms with Gasteiger partial charge in [-0.25, -0.2) is 0 Å². The van der Waals surface area contributed by atoms with E-state index in [0.29, 0.717) is 6.61 Å². The van der Waals surface area contributed by atoms with Gasteiger partial charge < -0.3 is 14.6 Å². The molecule has 1 rings (SSSR count). The third-order valence-corrected chi connectivity index (χ3v) is 1.05. The number of hydrogen-bond acceptors (Lipinski definition) is 3. The molecule has 2 atom stereocenters. The largest absolute Gasteiger partial charge is 0.391 e. The highest BCUT2D eigenvalue weighted by Crippen LogP contribution is 2.08. The number of hydrogen-bond donors (Lipinski definition) is 1. The molecule has 0 saturated carbocycles. The average Bonchev–Trinajstić information content (AvgIpc) is 2.14. The van der Waals surface area contributed by atoms with Crippen molar-refractivity contribution in [3.05, 3.63) is 0 Å². The van der Waals surface area contributed by atoms with Crippen LogP contribution in [-0.4, -0.2) is 30.7 Å². The van der Waals surface area contributed by atoms with Gasteiger partial charge in [-0.05, 0) is 6.92 Å². The van der Waals surface area contributed by atoms with E-state index >= 15 is 0 Å². The topological polar surface area (TPSA) is 38.7 Å². The summed E-state index contributed by atoms with van der Waals surface area (Å²) in [6.07, 6.45) is -0.225. The number of rotatable bonds is 1. The van der Waals surface area contributed by atoms with Gasteiger partial charge in [0.1, 0.15) is 0 Å². The Morgan fingerprint density at radius 2 is 2.50 bits per heavy atom. The first kappa shape index (κ1) is 6.01. The van der Waals surface area contributed by atoms with Crippen molar-refractivity contribution in [2.75, 3.05) is 13.2 Å². The van der Waals surface area contributed by atoms with Crippen molar-refractivity contribution in [2.45, 2.75) is 19.3 Å². The molecule has 0 amide bonds. The summed E-state index contributed by atoms with van der Waals surface area (Å²) in [5.74, 6) is 0. The van der Waals surface area contributed by atoms with Crippen LogP contribution in [0.4, 0.5) is 0 Å². The maximum Gasteiger partial charge on any atom is 0.181 e. The minimum atomic E-state index is -0.370. The Bertz CT molecular complexity index is 74.1. The summed E-state index contributed by atoms with van der Waals surface area (Å²) in [5, 5.41) is 8.43. The molecule has 3 heteroatoms. The van der Waals surface area contributed by atoms with Gasteiger partial charge in [0.05, 0.1) is 19.3 Å². The van der Waals surface area contributed by atoms with E-state index < -0.39 is 0 Å². The highest BCUT2D eigenvalue weighted by atomic mass is 16.7. The maximum atomic E-state index is 8.43. The third kappa shape index (κ3) is 1.18. The van der Waals surface area contributed by atoms with Crippen LogP contribution in [0.5, 0.6) is 0 Å². The molecule has 1 fully saturated rings. The second-order valence-electron chi connectivity index (χ2n) is 1.89. The van der Waals surface area contributed by atoms with E-state index in [-0.39, 0.29) is 19.0 Å². The van der Waals surface area contributed by atoms with E-state index in [0.717, 1.165) is 0 Å². The van der Waals surface area contributed by atoms with Crippen LogP contribution in [0.25, 0.3) is 0 Å². The standard InChI is InChI=1S/C5H10O3/c1-4-3-7-5(2-6)8-4/h4-6H,2-3H2,1H3. The minimum Gasteiger partial charge on any atom is -0.391 e. The lowest BCUT2D eigenvalue weighted by molar-refractivity contribution is -0.0853. The van der Waals surface area contributed by atoms with E-state index in [1.54, 1.807) is 0 Å². The van der Waals surface area contributed by atoms with Gasteiger partial charge in [-0.2, -0.15) is 0 Å². The average molecular weight is 118 g/mol. The fourth-order valence-corrected chi connectivity index (χ4v) is 0.676. The lowest BCUT2D eigenvalue weighted by Gasteiger charge is -2.02. The fourth-order valence-electron chi connectivity index (χ4n) is 0.676. The molecular weight excluding hydrogens is 108 g/mol. The van der Waals surface area contributed by atoms with Crippen molar-refractivity contribution in [2.24, 2.45) is 0 Å². The van der Waals surface area contributed by atoms with Crippen LogP contribution in [0.2, 0.25) is 0 Å². The summed E-state index contributed by atoms with van der Waals surface area (Å²) in [6.45, 7) is 2.48.